The number of carbonyl (C=O) groups is 1. The van der Waals surface area contributed by atoms with Gasteiger partial charge in [-0.2, -0.15) is 0 Å². The summed E-state index contributed by atoms with van der Waals surface area (Å²) in [5.41, 5.74) is 0.560. The molecule has 0 saturated carbocycles. The Hall–Kier alpha value is -1.32. The highest BCUT2D eigenvalue weighted by Gasteiger charge is 1.97. The summed E-state index contributed by atoms with van der Waals surface area (Å²) in [5.74, 6) is 0. The van der Waals surface area contributed by atoms with Gasteiger partial charge in [-0.1, -0.05) is 0 Å². The zero-order valence-corrected chi connectivity index (χ0v) is 4.89. The van der Waals surface area contributed by atoms with Crippen LogP contribution in [-0.2, 0) is 0 Å². The molecule has 1 aromatic rings. The molecule has 2 N–H and O–H groups in total. The van der Waals surface area contributed by atoms with Crippen LogP contribution in [-0.4, -0.2) is 16.3 Å². The predicted molar refractivity (Wildman–Crippen MR) is 31.5 cm³/mol. The van der Waals surface area contributed by atoms with E-state index in [-0.39, 0.29) is 5.69 Å². The summed E-state index contributed by atoms with van der Waals surface area (Å²) in [6.07, 6.45) is 0.604. The van der Waals surface area contributed by atoms with Gasteiger partial charge in [0.05, 0.1) is 0 Å². The van der Waals surface area contributed by atoms with Crippen molar-refractivity contribution in [2.75, 3.05) is 0 Å². The number of imidazole rings is 1. The molecule has 0 bridgehead atoms. The maximum Gasteiger partial charge on any atom is 0.323 e. The molecular weight excluding hydrogens is 120 g/mol. The number of aromatic amines is 2. The minimum absolute atomic E-state index is 0.319. The largest absolute Gasteiger partial charge is 0.323 e. The van der Waals surface area contributed by atoms with Crippen LogP contribution in [0.5, 0.6) is 0 Å². The van der Waals surface area contributed by atoms with Gasteiger partial charge in [0.15, 0.2) is 6.29 Å². The van der Waals surface area contributed by atoms with Gasteiger partial charge in [-0.05, 0) is 6.92 Å². The lowest BCUT2D eigenvalue weighted by molar-refractivity contribution is 0.111. The first-order chi connectivity index (χ1) is 4.24. The molecule has 1 heterocycles. The second kappa shape index (κ2) is 1.89. The van der Waals surface area contributed by atoms with E-state index >= 15 is 0 Å². The van der Waals surface area contributed by atoms with Gasteiger partial charge in [0.1, 0.15) is 5.69 Å². The van der Waals surface area contributed by atoms with E-state index in [4.69, 9.17) is 0 Å². The first kappa shape index (κ1) is 5.81. The van der Waals surface area contributed by atoms with Crippen molar-refractivity contribution < 1.29 is 4.79 Å². The number of nitrogens with one attached hydrogen (secondary N) is 2. The summed E-state index contributed by atoms with van der Waals surface area (Å²) in [5, 5.41) is 0. The van der Waals surface area contributed by atoms with E-state index in [0.29, 0.717) is 17.7 Å². The van der Waals surface area contributed by atoms with Crippen LogP contribution in [0.3, 0.4) is 0 Å². The number of aromatic nitrogens is 2. The minimum atomic E-state index is -0.338. The van der Waals surface area contributed by atoms with Crippen molar-refractivity contribution in [2.45, 2.75) is 6.92 Å². The van der Waals surface area contributed by atoms with Gasteiger partial charge in [0.25, 0.3) is 0 Å². The zero-order valence-electron chi connectivity index (χ0n) is 4.89. The molecule has 48 valence electrons. The first-order valence-corrected chi connectivity index (χ1v) is 2.48. The summed E-state index contributed by atoms with van der Waals surface area (Å²) < 4.78 is 0. The van der Waals surface area contributed by atoms with Crippen LogP contribution in [0, 0.1) is 6.92 Å². The summed E-state index contributed by atoms with van der Waals surface area (Å²) >= 11 is 0. The van der Waals surface area contributed by atoms with Gasteiger partial charge in [0, 0.05) is 5.69 Å². The van der Waals surface area contributed by atoms with Crippen LogP contribution >= 0.6 is 0 Å². The summed E-state index contributed by atoms with van der Waals surface area (Å²) in [7, 11) is 0. The van der Waals surface area contributed by atoms with Crippen molar-refractivity contribution in [3.63, 3.8) is 0 Å². The fraction of sp³-hybridized carbons (Fsp3) is 0.200. The minimum Gasteiger partial charge on any atom is -0.310 e. The van der Waals surface area contributed by atoms with Crippen LogP contribution in [0.15, 0.2) is 4.79 Å². The summed E-state index contributed by atoms with van der Waals surface area (Å²) in [6, 6.07) is 0. The molecule has 0 amide bonds. The van der Waals surface area contributed by atoms with Crippen molar-refractivity contribution in [3.8, 4) is 0 Å². The molecule has 1 rings (SSSR count). The Morgan fingerprint density at radius 2 is 2.11 bits per heavy atom. The molecule has 0 saturated heterocycles. The molecule has 0 aliphatic carbocycles. The number of carbonyl (C=O) groups excluding carboxylic acids is 1. The van der Waals surface area contributed by atoms with Crippen LogP contribution in [0.1, 0.15) is 16.2 Å². The number of H-pyrrole nitrogens is 2. The average molecular weight is 126 g/mol. The van der Waals surface area contributed by atoms with Gasteiger partial charge in [-0.15, -0.1) is 0 Å². The van der Waals surface area contributed by atoms with E-state index in [0.717, 1.165) is 0 Å². The lowest BCUT2D eigenvalue weighted by atomic mass is 10.4. The lowest BCUT2D eigenvalue weighted by Crippen LogP contribution is -2.00. The highest BCUT2D eigenvalue weighted by Crippen LogP contribution is 1.90. The fourth-order valence-electron chi connectivity index (χ4n) is 0.603. The highest BCUT2D eigenvalue weighted by molar-refractivity contribution is 5.73. The molecular formula is C5H6N2O2. The number of rotatable bonds is 1. The zero-order chi connectivity index (χ0) is 6.85. The van der Waals surface area contributed by atoms with Crippen molar-refractivity contribution in [3.05, 3.63) is 21.9 Å². The maximum absolute atomic E-state index is 10.4. The van der Waals surface area contributed by atoms with Crippen LogP contribution < -0.4 is 5.69 Å². The Morgan fingerprint density at radius 3 is 2.33 bits per heavy atom. The quantitative estimate of drug-likeness (QED) is 0.513. The van der Waals surface area contributed by atoms with E-state index < -0.39 is 0 Å². The SMILES string of the molecule is Cc1[nH]c(=O)[nH]c1C=O. The van der Waals surface area contributed by atoms with Gasteiger partial charge in [-0.3, -0.25) is 4.79 Å². The lowest BCUT2D eigenvalue weighted by Gasteiger charge is -1.79. The molecule has 0 aliphatic heterocycles. The second-order valence-electron chi connectivity index (χ2n) is 1.74. The monoisotopic (exact) mass is 126 g/mol. The van der Waals surface area contributed by atoms with Crippen molar-refractivity contribution in [1.82, 2.24) is 9.97 Å². The normalized spacial score (nSPS) is 9.44. The molecule has 4 heteroatoms. The third-order valence-electron chi connectivity index (χ3n) is 1.07. The molecule has 0 aromatic carbocycles. The molecule has 0 aliphatic rings. The van der Waals surface area contributed by atoms with Crippen molar-refractivity contribution >= 4 is 6.29 Å². The van der Waals surface area contributed by atoms with Crippen LogP contribution in [0.2, 0.25) is 0 Å². The summed E-state index contributed by atoms with van der Waals surface area (Å²) in [4.78, 5) is 25.2. The smallest absolute Gasteiger partial charge is 0.310 e. The molecule has 0 fully saturated rings. The molecule has 1 aromatic heterocycles. The molecule has 0 unspecified atom stereocenters. The Morgan fingerprint density at radius 1 is 1.44 bits per heavy atom. The van der Waals surface area contributed by atoms with Crippen LogP contribution in [0.4, 0.5) is 0 Å². The molecule has 9 heavy (non-hydrogen) atoms. The Balaban J connectivity index is 3.31. The van der Waals surface area contributed by atoms with E-state index in [1.807, 2.05) is 0 Å². The molecule has 4 nitrogen and oxygen atoms in total. The molecule has 0 atom stereocenters. The average Bonchev–Trinajstić information content (AvgIpc) is 2.10. The predicted octanol–water partition coefficient (Wildman–Crippen LogP) is -0.176. The van der Waals surface area contributed by atoms with E-state index in [2.05, 4.69) is 9.97 Å². The third kappa shape index (κ3) is 0.910. The number of hydrogen-bond acceptors (Lipinski definition) is 2. The number of aryl methyl sites for hydroxylation is 1. The van der Waals surface area contributed by atoms with E-state index in [1.54, 1.807) is 6.92 Å². The van der Waals surface area contributed by atoms with Crippen molar-refractivity contribution in [1.29, 1.82) is 0 Å². The van der Waals surface area contributed by atoms with Gasteiger partial charge < -0.3 is 9.97 Å². The van der Waals surface area contributed by atoms with E-state index in [9.17, 15) is 9.59 Å². The van der Waals surface area contributed by atoms with Crippen LogP contribution in [0.25, 0.3) is 0 Å². The molecule has 0 spiro atoms. The topological polar surface area (TPSA) is 65.7 Å². The third-order valence-corrected chi connectivity index (χ3v) is 1.07. The first-order valence-electron chi connectivity index (χ1n) is 2.48. The van der Waals surface area contributed by atoms with E-state index in [1.165, 1.54) is 0 Å². The van der Waals surface area contributed by atoms with Crippen molar-refractivity contribution in [2.24, 2.45) is 0 Å². The Labute approximate surface area is 50.9 Å². The summed E-state index contributed by atoms with van der Waals surface area (Å²) in [6.45, 7) is 1.65. The maximum atomic E-state index is 10.4. The Kier molecular flexibility index (Phi) is 1.22. The fourth-order valence-corrected chi connectivity index (χ4v) is 0.603. The number of hydrogen-bond donors (Lipinski definition) is 2. The second-order valence-corrected chi connectivity index (χ2v) is 1.74. The highest BCUT2D eigenvalue weighted by atomic mass is 16.1. The standard InChI is InChI=1S/C5H6N2O2/c1-3-4(2-8)7-5(9)6-3/h2H,1H3,(H2,6,7,9). The van der Waals surface area contributed by atoms with Gasteiger partial charge in [-0.25, -0.2) is 4.79 Å². The molecule has 0 radical (unpaired) electrons. The van der Waals surface area contributed by atoms with Gasteiger partial charge in [0.2, 0.25) is 0 Å². The Bertz CT molecular complexity index is 271. The van der Waals surface area contributed by atoms with Gasteiger partial charge >= 0.3 is 5.69 Å². The number of aldehydes is 1.